The van der Waals surface area contributed by atoms with Crippen LogP contribution in [0.1, 0.15) is 18.1 Å². The van der Waals surface area contributed by atoms with E-state index in [1.807, 2.05) is 30.4 Å². The fourth-order valence-electron chi connectivity index (χ4n) is 4.89. The molecule has 1 atom stereocenters. The fraction of sp³-hybridized carbons (Fsp3) is 0.269. The lowest BCUT2D eigenvalue weighted by Crippen LogP contribution is -2.47. The Morgan fingerprint density at radius 2 is 1.49 bits per heavy atom. The van der Waals surface area contributed by atoms with E-state index in [9.17, 15) is 18.3 Å². The number of nitrogens with zero attached hydrogens (tertiary/aromatic N) is 9. The molecule has 0 aliphatic carbocycles. The number of rotatable bonds is 5. The van der Waals surface area contributed by atoms with Gasteiger partial charge >= 0.3 is 0 Å². The van der Waals surface area contributed by atoms with Crippen molar-refractivity contribution in [3.8, 4) is 11.1 Å². The molecule has 1 aromatic carbocycles. The van der Waals surface area contributed by atoms with E-state index in [2.05, 4.69) is 30.0 Å². The van der Waals surface area contributed by atoms with Crippen LogP contribution in [0.4, 0.5) is 24.9 Å². The minimum absolute atomic E-state index is 0.0790. The molecule has 1 unspecified atom stereocenters. The topological polar surface area (TPSA) is 100 Å². The van der Waals surface area contributed by atoms with E-state index in [0.717, 1.165) is 22.5 Å². The van der Waals surface area contributed by atoms with Crippen LogP contribution in [-0.4, -0.2) is 65.6 Å². The van der Waals surface area contributed by atoms with Gasteiger partial charge in [0.25, 0.3) is 0 Å². The molecule has 0 radical (unpaired) electrons. The van der Waals surface area contributed by atoms with Crippen LogP contribution in [0.2, 0.25) is 0 Å². The summed E-state index contributed by atoms with van der Waals surface area (Å²) in [5, 5.41) is 19.5. The van der Waals surface area contributed by atoms with Crippen molar-refractivity contribution in [2.45, 2.75) is 12.5 Å². The van der Waals surface area contributed by atoms with Gasteiger partial charge in [-0.15, -0.1) is 0 Å². The van der Waals surface area contributed by atoms with Gasteiger partial charge < -0.3 is 14.9 Å². The van der Waals surface area contributed by atoms with Crippen molar-refractivity contribution in [3.63, 3.8) is 0 Å². The zero-order valence-electron chi connectivity index (χ0n) is 21.1. The van der Waals surface area contributed by atoms with E-state index in [0.29, 0.717) is 44.3 Å². The molecule has 1 N–H and O–H groups in total. The molecule has 200 valence electrons. The summed E-state index contributed by atoms with van der Waals surface area (Å²) in [6.07, 6.45) is 9.87. The molecular weight excluding hydrogens is 511 g/mol. The number of halogens is 3. The van der Waals surface area contributed by atoms with Crippen molar-refractivity contribution in [2.75, 3.05) is 36.0 Å². The zero-order valence-corrected chi connectivity index (χ0v) is 21.1. The first-order valence-corrected chi connectivity index (χ1v) is 12.2. The van der Waals surface area contributed by atoms with E-state index < -0.39 is 28.6 Å². The van der Waals surface area contributed by atoms with Crippen LogP contribution in [0.5, 0.6) is 0 Å². The Labute approximate surface area is 221 Å². The number of hydrogen-bond donors (Lipinski definition) is 1. The number of fused-ring (bicyclic) bond motifs is 1. The third-order valence-electron chi connectivity index (χ3n) is 6.98. The van der Waals surface area contributed by atoms with Gasteiger partial charge in [0.1, 0.15) is 34.9 Å². The number of anilines is 2. The number of benzene rings is 1. The van der Waals surface area contributed by atoms with E-state index in [-0.39, 0.29) is 5.56 Å². The molecule has 4 aromatic heterocycles. The highest BCUT2D eigenvalue weighted by molar-refractivity contribution is 5.77. The lowest BCUT2D eigenvalue weighted by atomic mass is 9.89. The Balaban J connectivity index is 1.18. The van der Waals surface area contributed by atoms with Crippen molar-refractivity contribution in [2.24, 2.45) is 7.05 Å². The smallest absolute Gasteiger partial charge is 0.225 e. The third-order valence-corrected chi connectivity index (χ3v) is 6.98. The lowest BCUT2D eigenvalue weighted by Gasteiger charge is -2.35. The van der Waals surface area contributed by atoms with E-state index in [4.69, 9.17) is 0 Å². The summed E-state index contributed by atoms with van der Waals surface area (Å²) in [6.45, 7) is 3.71. The van der Waals surface area contributed by atoms with Crippen molar-refractivity contribution >= 4 is 17.3 Å². The number of hydrogen-bond acceptors (Lipinski definition) is 8. The third kappa shape index (κ3) is 4.44. The van der Waals surface area contributed by atoms with Gasteiger partial charge in [-0.3, -0.25) is 4.68 Å². The molecule has 6 rings (SSSR count). The predicted molar refractivity (Wildman–Crippen MR) is 137 cm³/mol. The maximum Gasteiger partial charge on any atom is 0.225 e. The van der Waals surface area contributed by atoms with E-state index in [1.165, 1.54) is 25.6 Å². The van der Waals surface area contributed by atoms with Crippen LogP contribution >= 0.6 is 0 Å². The highest BCUT2D eigenvalue weighted by Crippen LogP contribution is 2.33. The zero-order chi connectivity index (χ0) is 27.3. The van der Waals surface area contributed by atoms with Gasteiger partial charge in [-0.1, -0.05) is 0 Å². The van der Waals surface area contributed by atoms with E-state index in [1.54, 1.807) is 15.4 Å². The SMILES string of the molecule is Cn1cc(-c2cc3c(N4CCN(c5ncc(C(C)(O)c6c(F)cc(F)cc6F)cn5)CC4)ncnn3c2)cn1. The Morgan fingerprint density at radius 3 is 2.13 bits per heavy atom. The van der Waals surface area contributed by atoms with E-state index >= 15 is 0 Å². The molecular formula is C26H24F3N9O. The first-order chi connectivity index (χ1) is 18.7. The Bertz CT molecular complexity index is 1630. The summed E-state index contributed by atoms with van der Waals surface area (Å²) in [7, 11) is 1.87. The summed E-state index contributed by atoms with van der Waals surface area (Å²) < 4.78 is 45.5. The van der Waals surface area contributed by atoms with Gasteiger partial charge in [-0.25, -0.2) is 32.6 Å². The number of aryl methyl sites for hydroxylation is 1. The summed E-state index contributed by atoms with van der Waals surface area (Å²) >= 11 is 0. The monoisotopic (exact) mass is 535 g/mol. The minimum atomic E-state index is -2.09. The Kier molecular flexibility index (Phi) is 5.94. The quantitative estimate of drug-likeness (QED) is 0.367. The van der Waals surface area contributed by atoms with Crippen LogP contribution in [0.15, 0.2) is 55.5 Å². The maximum absolute atomic E-state index is 14.3. The average Bonchev–Trinajstić information content (AvgIpc) is 3.54. The summed E-state index contributed by atoms with van der Waals surface area (Å²) in [4.78, 5) is 17.4. The number of aromatic nitrogens is 7. The van der Waals surface area contributed by atoms with Crippen molar-refractivity contribution < 1.29 is 18.3 Å². The molecule has 5 heterocycles. The largest absolute Gasteiger partial charge is 0.380 e. The maximum atomic E-state index is 14.3. The van der Waals surface area contributed by atoms with Crippen LogP contribution in [0.3, 0.4) is 0 Å². The molecule has 0 spiro atoms. The van der Waals surface area contributed by atoms with Gasteiger partial charge in [-0.2, -0.15) is 10.2 Å². The van der Waals surface area contributed by atoms with Gasteiger partial charge in [0.05, 0.1) is 11.8 Å². The number of aliphatic hydroxyl groups is 1. The highest BCUT2D eigenvalue weighted by Gasteiger charge is 2.34. The van der Waals surface area contributed by atoms with Crippen LogP contribution in [-0.2, 0) is 12.6 Å². The van der Waals surface area contributed by atoms with Crippen molar-refractivity contribution in [3.05, 3.63) is 84.1 Å². The van der Waals surface area contributed by atoms with Crippen molar-refractivity contribution in [1.82, 2.24) is 34.3 Å². The van der Waals surface area contributed by atoms with Gasteiger partial charge in [0, 0.05) is 86.8 Å². The molecule has 1 aliphatic heterocycles. The van der Waals surface area contributed by atoms with Crippen LogP contribution in [0.25, 0.3) is 16.6 Å². The normalized spacial score (nSPS) is 15.6. The molecule has 0 amide bonds. The summed E-state index contributed by atoms with van der Waals surface area (Å²) in [5.74, 6) is -2.21. The first-order valence-electron chi connectivity index (χ1n) is 12.2. The molecule has 5 aromatic rings. The standard InChI is InChI=1S/C26H24F3N9O/c1-26(39,23-20(28)8-19(27)9-21(23)29)18-11-30-25(31-12-18)37-5-3-36(4-6-37)24-22-7-16(14-38(22)34-15-32-24)17-10-33-35(2)13-17/h7-15,39H,3-6H2,1-2H3. The predicted octanol–water partition coefficient (Wildman–Crippen LogP) is 2.92. The van der Waals surface area contributed by atoms with Crippen LogP contribution < -0.4 is 9.80 Å². The molecule has 0 saturated carbocycles. The van der Waals surface area contributed by atoms with Gasteiger partial charge in [-0.05, 0) is 13.0 Å². The first kappa shape index (κ1) is 24.8. The molecule has 1 fully saturated rings. The molecule has 1 saturated heterocycles. The van der Waals surface area contributed by atoms with Crippen molar-refractivity contribution in [1.29, 1.82) is 0 Å². The molecule has 1 aliphatic rings. The van der Waals surface area contributed by atoms with Crippen LogP contribution in [0, 0.1) is 17.5 Å². The molecule has 0 bridgehead atoms. The lowest BCUT2D eigenvalue weighted by molar-refractivity contribution is 0.0924. The van der Waals surface area contributed by atoms with Gasteiger partial charge in [0.15, 0.2) is 5.82 Å². The van der Waals surface area contributed by atoms with Gasteiger partial charge in [0.2, 0.25) is 5.95 Å². The molecule has 39 heavy (non-hydrogen) atoms. The molecule has 13 heteroatoms. The highest BCUT2D eigenvalue weighted by atomic mass is 19.1. The second-order valence-corrected chi connectivity index (χ2v) is 9.61. The summed E-state index contributed by atoms with van der Waals surface area (Å²) in [6, 6.07) is 3.10. The molecule has 10 nitrogen and oxygen atoms in total. The minimum Gasteiger partial charge on any atom is -0.380 e. The second kappa shape index (κ2) is 9.34. The fourth-order valence-corrected chi connectivity index (χ4v) is 4.89. The average molecular weight is 536 g/mol. The summed E-state index contributed by atoms with van der Waals surface area (Å²) in [5.41, 5.74) is 0.186. The number of piperazine rings is 1. The second-order valence-electron chi connectivity index (χ2n) is 9.61. The Hall–Kier alpha value is -4.52. The Morgan fingerprint density at radius 1 is 0.821 bits per heavy atom.